The molecule has 0 amide bonds. The van der Waals surface area contributed by atoms with Crippen LogP contribution in [-0.2, 0) is 14.6 Å². The van der Waals surface area contributed by atoms with Gasteiger partial charge in [-0.25, -0.2) is 9.90 Å². The molecular weight excluding hydrogens is 132 g/mol. The van der Waals surface area contributed by atoms with E-state index in [1.165, 1.54) is 0 Å². The van der Waals surface area contributed by atoms with E-state index < -0.39 is 12.6 Å². The summed E-state index contributed by atoms with van der Waals surface area (Å²) in [5.74, 6) is -0.642. The molecule has 0 saturated carbocycles. The van der Waals surface area contributed by atoms with E-state index in [1.54, 1.807) is 0 Å². The monoisotopic (exact) mass is 145 g/mol. The molecular formula is C7H13O3. The molecule has 0 unspecified atom stereocenters. The Kier molecular flexibility index (Phi) is 6.18. The van der Waals surface area contributed by atoms with Crippen molar-refractivity contribution in [3.8, 4) is 0 Å². The van der Waals surface area contributed by atoms with Gasteiger partial charge in [0.2, 0.25) is 0 Å². The fourth-order valence-corrected chi connectivity index (χ4v) is 0.580. The van der Waals surface area contributed by atoms with Crippen molar-refractivity contribution in [3.63, 3.8) is 0 Å². The molecule has 0 heterocycles. The topological polar surface area (TPSA) is 46.2 Å². The first kappa shape index (κ1) is 9.43. The van der Waals surface area contributed by atoms with Gasteiger partial charge in [-0.1, -0.05) is 19.8 Å². The molecule has 3 nitrogen and oxygen atoms in total. The van der Waals surface area contributed by atoms with Gasteiger partial charge < -0.3 is 4.74 Å². The molecule has 0 aliphatic carbocycles. The molecule has 59 valence electrons. The highest BCUT2D eigenvalue weighted by Crippen LogP contribution is 1.93. The first-order chi connectivity index (χ1) is 4.81. The Morgan fingerprint density at radius 2 is 2.10 bits per heavy atom. The van der Waals surface area contributed by atoms with Crippen LogP contribution < -0.4 is 0 Å². The molecule has 0 aromatic heterocycles. The van der Waals surface area contributed by atoms with Gasteiger partial charge in [0.25, 0.3) is 0 Å². The summed E-state index contributed by atoms with van der Waals surface area (Å²) in [5, 5.41) is 9.82. The molecule has 0 bridgehead atoms. The quantitative estimate of drug-likeness (QED) is 0.430. The van der Waals surface area contributed by atoms with Crippen molar-refractivity contribution >= 4 is 5.97 Å². The Bertz CT molecular complexity index is 90.9. The minimum absolute atomic E-state index is 0.398. The van der Waals surface area contributed by atoms with E-state index in [4.69, 9.17) is 0 Å². The fraction of sp³-hybridized carbons (Fsp3) is 0.857. The average molecular weight is 145 g/mol. The van der Waals surface area contributed by atoms with E-state index in [2.05, 4.69) is 11.7 Å². The van der Waals surface area contributed by atoms with Crippen molar-refractivity contribution in [1.82, 2.24) is 0 Å². The van der Waals surface area contributed by atoms with Gasteiger partial charge in [0.1, 0.15) is 0 Å². The van der Waals surface area contributed by atoms with Crippen LogP contribution in [0.3, 0.4) is 0 Å². The Morgan fingerprint density at radius 1 is 1.40 bits per heavy atom. The molecule has 0 aliphatic rings. The number of esters is 1. The summed E-state index contributed by atoms with van der Waals surface area (Å²) < 4.78 is 4.54. The SMILES string of the molecule is CCCCCOC(=O)C[O]. The van der Waals surface area contributed by atoms with Gasteiger partial charge in [-0.3, -0.25) is 0 Å². The molecule has 0 rings (SSSR count). The van der Waals surface area contributed by atoms with E-state index in [1.807, 2.05) is 0 Å². The van der Waals surface area contributed by atoms with Crippen molar-refractivity contribution in [1.29, 1.82) is 0 Å². The summed E-state index contributed by atoms with van der Waals surface area (Å²) in [6.07, 6.45) is 3.00. The molecule has 0 fully saturated rings. The lowest BCUT2D eigenvalue weighted by Gasteiger charge is -1.99. The van der Waals surface area contributed by atoms with Crippen molar-refractivity contribution in [2.75, 3.05) is 13.2 Å². The lowest BCUT2D eigenvalue weighted by Crippen LogP contribution is -2.08. The first-order valence-electron chi connectivity index (χ1n) is 3.55. The number of hydrogen-bond acceptors (Lipinski definition) is 2. The van der Waals surface area contributed by atoms with Crippen LogP contribution >= 0.6 is 0 Å². The Hall–Kier alpha value is -0.570. The maximum atomic E-state index is 10.2. The summed E-state index contributed by atoms with van der Waals surface area (Å²) in [6.45, 7) is 1.70. The average Bonchev–Trinajstić information content (AvgIpc) is 1.98. The van der Waals surface area contributed by atoms with Gasteiger partial charge in [0.15, 0.2) is 6.61 Å². The van der Waals surface area contributed by atoms with Crippen molar-refractivity contribution < 1.29 is 14.6 Å². The summed E-state index contributed by atoms with van der Waals surface area (Å²) in [6, 6.07) is 0. The minimum atomic E-state index is -0.758. The normalized spacial score (nSPS) is 9.40. The Morgan fingerprint density at radius 3 is 2.60 bits per heavy atom. The zero-order valence-corrected chi connectivity index (χ0v) is 6.26. The lowest BCUT2D eigenvalue weighted by molar-refractivity contribution is -0.149. The zero-order valence-electron chi connectivity index (χ0n) is 6.26. The van der Waals surface area contributed by atoms with Gasteiger partial charge >= 0.3 is 5.97 Å². The number of hydrogen-bond donors (Lipinski definition) is 0. The third kappa shape index (κ3) is 5.56. The van der Waals surface area contributed by atoms with Crippen molar-refractivity contribution in [2.45, 2.75) is 26.2 Å². The van der Waals surface area contributed by atoms with Crippen LogP contribution in [0.1, 0.15) is 26.2 Å². The summed E-state index contributed by atoms with van der Waals surface area (Å²) in [5.41, 5.74) is 0. The summed E-state index contributed by atoms with van der Waals surface area (Å²) >= 11 is 0. The third-order valence-corrected chi connectivity index (χ3v) is 1.13. The molecule has 0 N–H and O–H groups in total. The maximum absolute atomic E-state index is 10.2. The van der Waals surface area contributed by atoms with Crippen LogP contribution in [0, 0.1) is 0 Å². The number of rotatable bonds is 5. The van der Waals surface area contributed by atoms with Crippen LogP contribution in [0.2, 0.25) is 0 Å². The Labute approximate surface area is 61.0 Å². The van der Waals surface area contributed by atoms with Crippen LogP contribution in [0.4, 0.5) is 0 Å². The van der Waals surface area contributed by atoms with E-state index in [-0.39, 0.29) is 0 Å². The van der Waals surface area contributed by atoms with Crippen LogP contribution in [0.15, 0.2) is 0 Å². The molecule has 0 aromatic rings. The van der Waals surface area contributed by atoms with Crippen LogP contribution in [0.25, 0.3) is 0 Å². The van der Waals surface area contributed by atoms with Gasteiger partial charge in [0.05, 0.1) is 6.61 Å². The van der Waals surface area contributed by atoms with Gasteiger partial charge in [0, 0.05) is 0 Å². The van der Waals surface area contributed by atoms with Gasteiger partial charge in [-0.15, -0.1) is 0 Å². The van der Waals surface area contributed by atoms with Crippen LogP contribution in [-0.4, -0.2) is 19.2 Å². The van der Waals surface area contributed by atoms with Crippen molar-refractivity contribution in [3.05, 3.63) is 0 Å². The second kappa shape index (κ2) is 6.55. The second-order valence-corrected chi connectivity index (χ2v) is 2.07. The molecule has 0 spiro atoms. The number of carbonyl (C=O) groups excluding carboxylic acids is 1. The molecule has 0 aromatic carbocycles. The summed E-state index contributed by atoms with van der Waals surface area (Å²) in [7, 11) is 0. The highest BCUT2D eigenvalue weighted by atomic mass is 16.5. The smallest absolute Gasteiger partial charge is 0.335 e. The maximum Gasteiger partial charge on any atom is 0.335 e. The van der Waals surface area contributed by atoms with E-state index in [0.717, 1.165) is 19.3 Å². The molecule has 0 aliphatic heterocycles. The largest absolute Gasteiger partial charge is 0.464 e. The minimum Gasteiger partial charge on any atom is -0.464 e. The zero-order chi connectivity index (χ0) is 7.82. The Balaban J connectivity index is 2.96. The third-order valence-electron chi connectivity index (χ3n) is 1.13. The molecule has 0 atom stereocenters. The van der Waals surface area contributed by atoms with Crippen LogP contribution in [0.5, 0.6) is 0 Å². The predicted molar refractivity (Wildman–Crippen MR) is 36.0 cm³/mol. The van der Waals surface area contributed by atoms with E-state index >= 15 is 0 Å². The van der Waals surface area contributed by atoms with E-state index in [9.17, 15) is 9.90 Å². The molecule has 10 heavy (non-hydrogen) atoms. The number of ether oxygens (including phenoxy) is 1. The first-order valence-corrected chi connectivity index (χ1v) is 3.55. The number of unbranched alkanes of at least 4 members (excludes halogenated alkanes) is 2. The predicted octanol–water partition coefficient (Wildman–Crippen LogP) is 1.15. The standard InChI is InChI=1S/C7H13O3/c1-2-3-4-5-10-7(9)6-8/h2-6H2,1H3. The van der Waals surface area contributed by atoms with Gasteiger partial charge in [-0.05, 0) is 6.42 Å². The molecule has 1 radical (unpaired) electrons. The lowest BCUT2D eigenvalue weighted by atomic mass is 10.3. The number of carbonyl (C=O) groups is 1. The summed E-state index contributed by atoms with van der Waals surface area (Å²) in [4.78, 5) is 10.2. The highest BCUT2D eigenvalue weighted by molar-refractivity contribution is 5.70. The molecule has 3 heteroatoms. The molecule has 0 saturated heterocycles. The fourth-order valence-electron chi connectivity index (χ4n) is 0.580. The second-order valence-electron chi connectivity index (χ2n) is 2.07. The van der Waals surface area contributed by atoms with E-state index in [0.29, 0.717) is 6.61 Å². The van der Waals surface area contributed by atoms with Crippen molar-refractivity contribution in [2.24, 2.45) is 0 Å². The highest BCUT2D eigenvalue weighted by Gasteiger charge is 1.98. The van der Waals surface area contributed by atoms with Gasteiger partial charge in [-0.2, -0.15) is 0 Å².